The van der Waals surface area contributed by atoms with Crippen molar-refractivity contribution in [1.29, 1.82) is 0 Å². The van der Waals surface area contributed by atoms with E-state index in [4.69, 9.17) is 5.21 Å². The summed E-state index contributed by atoms with van der Waals surface area (Å²) in [5.41, 5.74) is -1.70. The van der Waals surface area contributed by atoms with Gasteiger partial charge in [-0.2, -0.15) is 13.2 Å². The topological polar surface area (TPSA) is 58.9 Å². The molecule has 0 amide bonds. The molecule has 0 bridgehead atoms. The van der Waals surface area contributed by atoms with Gasteiger partial charge in [-0.1, -0.05) is 11.2 Å². The van der Waals surface area contributed by atoms with E-state index in [1.807, 2.05) is 0 Å². The molecule has 92 valence electrons. The number of ether oxygens (including phenoxy) is 1. The molecule has 0 atom stereocenters. The lowest BCUT2D eigenvalue weighted by Crippen LogP contribution is -2.14. The summed E-state index contributed by atoms with van der Waals surface area (Å²) in [7, 11) is 0.992. The minimum atomic E-state index is -4.69. The van der Waals surface area contributed by atoms with Crippen LogP contribution in [-0.2, 0) is 10.9 Å². The van der Waals surface area contributed by atoms with Gasteiger partial charge in [-0.15, -0.1) is 0 Å². The summed E-state index contributed by atoms with van der Waals surface area (Å²) in [5.74, 6) is -1.08. The van der Waals surface area contributed by atoms with Gasteiger partial charge in [0.05, 0.1) is 24.5 Å². The maximum absolute atomic E-state index is 12.7. The number of nitrogens with zero attached hydrogens (tertiary/aromatic N) is 1. The number of methoxy groups -OCH3 is 1. The van der Waals surface area contributed by atoms with E-state index in [0.717, 1.165) is 19.4 Å². The number of oxime groups is 1. The first-order valence-electron chi connectivity index (χ1n) is 4.37. The first-order chi connectivity index (χ1) is 7.90. The number of hydrogen-bond donors (Lipinski definition) is 1. The molecule has 0 fully saturated rings. The quantitative estimate of drug-likeness (QED) is 0.377. The zero-order valence-corrected chi connectivity index (χ0v) is 8.65. The van der Waals surface area contributed by atoms with Gasteiger partial charge in [0.15, 0.2) is 0 Å². The molecule has 0 heterocycles. The van der Waals surface area contributed by atoms with E-state index in [0.29, 0.717) is 6.07 Å². The van der Waals surface area contributed by atoms with E-state index >= 15 is 0 Å². The highest BCUT2D eigenvalue weighted by Gasteiger charge is 2.35. The second kappa shape index (κ2) is 4.86. The third kappa shape index (κ3) is 2.96. The van der Waals surface area contributed by atoms with Gasteiger partial charge >= 0.3 is 12.1 Å². The highest BCUT2D eigenvalue weighted by Crippen LogP contribution is 2.32. The monoisotopic (exact) mass is 247 g/mol. The van der Waals surface area contributed by atoms with E-state index in [1.54, 1.807) is 0 Å². The molecule has 0 aliphatic heterocycles. The molecule has 0 aliphatic carbocycles. The van der Waals surface area contributed by atoms with Crippen molar-refractivity contribution in [1.82, 2.24) is 0 Å². The van der Waals surface area contributed by atoms with Crippen LogP contribution in [0, 0.1) is 0 Å². The highest BCUT2D eigenvalue weighted by atomic mass is 19.4. The average molecular weight is 247 g/mol. The molecule has 1 rings (SSSR count). The van der Waals surface area contributed by atoms with Crippen molar-refractivity contribution in [2.45, 2.75) is 6.18 Å². The van der Waals surface area contributed by atoms with Crippen LogP contribution in [0.5, 0.6) is 0 Å². The minimum absolute atomic E-state index is 0.0208. The standard InChI is InChI=1S/C10H8F3NO3/c1-17-9(15)7-3-2-6(5-14-16)4-8(7)10(11,12)13/h2-5,16H,1H3. The number of halogens is 3. The molecule has 0 saturated carbocycles. The van der Waals surface area contributed by atoms with Gasteiger partial charge in [0.25, 0.3) is 0 Å². The maximum atomic E-state index is 12.7. The van der Waals surface area contributed by atoms with Gasteiger partial charge in [-0.05, 0) is 17.7 Å². The van der Waals surface area contributed by atoms with Gasteiger partial charge < -0.3 is 9.94 Å². The molecule has 0 aromatic heterocycles. The van der Waals surface area contributed by atoms with Crippen LogP contribution in [0.3, 0.4) is 0 Å². The van der Waals surface area contributed by atoms with Crippen LogP contribution in [-0.4, -0.2) is 24.5 Å². The number of carbonyl (C=O) groups excluding carboxylic acids is 1. The van der Waals surface area contributed by atoms with Crippen LogP contribution in [0.15, 0.2) is 23.4 Å². The lowest BCUT2D eigenvalue weighted by Gasteiger charge is -2.11. The first-order valence-corrected chi connectivity index (χ1v) is 4.37. The Morgan fingerprint density at radius 3 is 2.59 bits per heavy atom. The van der Waals surface area contributed by atoms with Crippen molar-refractivity contribution in [3.8, 4) is 0 Å². The molecule has 17 heavy (non-hydrogen) atoms. The van der Waals surface area contributed by atoms with Gasteiger partial charge in [0, 0.05) is 0 Å². The number of alkyl halides is 3. The van der Waals surface area contributed by atoms with Crippen LogP contribution in [0.2, 0.25) is 0 Å². The predicted molar refractivity (Wildman–Crippen MR) is 52.2 cm³/mol. The number of esters is 1. The summed E-state index contributed by atoms with van der Waals surface area (Å²) in [6.07, 6.45) is -3.86. The van der Waals surface area contributed by atoms with Crippen LogP contribution >= 0.6 is 0 Å². The molecule has 7 heteroatoms. The zero-order chi connectivity index (χ0) is 13.1. The molecule has 0 aliphatic rings. The van der Waals surface area contributed by atoms with Crippen molar-refractivity contribution in [2.24, 2.45) is 5.16 Å². The van der Waals surface area contributed by atoms with Crippen LogP contribution in [0.4, 0.5) is 13.2 Å². The van der Waals surface area contributed by atoms with Crippen LogP contribution in [0.25, 0.3) is 0 Å². The second-order valence-corrected chi connectivity index (χ2v) is 3.04. The Morgan fingerprint density at radius 1 is 1.47 bits per heavy atom. The average Bonchev–Trinajstić information content (AvgIpc) is 2.27. The van der Waals surface area contributed by atoms with Crippen molar-refractivity contribution in [3.05, 3.63) is 34.9 Å². The third-order valence-corrected chi connectivity index (χ3v) is 1.96. The van der Waals surface area contributed by atoms with Gasteiger partial charge in [-0.3, -0.25) is 0 Å². The van der Waals surface area contributed by atoms with Crippen molar-refractivity contribution >= 4 is 12.2 Å². The Morgan fingerprint density at radius 2 is 2.12 bits per heavy atom. The Hall–Kier alpha value is -2.05. The van der Waals surface area contributed by atoms with Crippen molar-refractivity contribution < 1.29 is 27.9 Å². The minimum Gasteiger partial charge on any atom is -0.465 e. The summed E-state index contributed by atoms with van der Waals surface area (Å²) in [6, 6.07) is 2.87. The summed E-state index contributed by atoms with van der Waals surface area (Å²) in [4.78, 5) is 11.1. The third-order valence-electron chi connectivity index (χ3n) is 1.96. The van der Waals surface area contributed by atoms with E-state index in [2.05, 4.69) is 9.89 Å². The predicted octanol–water partition coefficient (Wildman–Crippen LogP) is 2.30. The maximum Gasteiger partial charge on any atom is 0.417 e. The van der Waals surface area contributed by atoms with Crippen molar-refractivity contribution in [2.75, 3.05) is 7.11 Å². The van der Waals surface area contributed by atoms with E-state index < -0.39 is 23.3 Å². The molecule has 1 aromatic carbocycles. The fourth-order valence-corrected chi connectivity index (χ4v) is 1.23. The zero-order valence-electron chi connectivity index (χ0n) is 8.65. The van der Waals surface area contributed by atoms with Gasteiger partial charge in [0.1, 0.15) is 0 Å². The Balaban J connectivity index is 3.37. The Labute approximate surface area is 94.3 Å². The molecule has 1 aromatic rings. The molecule has 0 saturated heterocycles. The van der Waals surface area contributed by atoms with Crippen LogP contribution in [0.1, 0.15) is 21.5 Å². The normalized spacial score (nSPS) is 11.8. The smallest absolute Gasteiger partial charge is 0.417 e. The number of carbonyl (C=O) groups is 1. The molecule has 1 N–H and O–H groups in total. The fraction of sp³-hybridized carbons (Fsp3) is 0.200. The van der Waals surface area contributed by atoms with Crippen LogP contribution < -0.4 is 0 Å². The van der Waals surface area contributed by atoms with Crippen molar-refractivity contribution in [3.63, 3.8) is 0 Å². The molecular weight excluding hydrogens is 239 g/mol. The lowest BCUT2D eigenvalue weighted by atomic mass is 10.0. The lowest BCUT2D eigenvalue weighted by molar-refractivity contribution is -0.138. The Bertz CT molecular complexity index is 455. The summed E-state index contributed by atoms with van der Waals surface area (Å²) in [5, 5.41) is 10.8. The number of benzene rings is 1. The summed E-state index contributed by atoms with van der Waals surface area (Å²) >= 11 is 0. The molecule has 4 nitrogen and oxygen atoms in total. The van der Waals surface area contributed by atoms with E-state index in [-0.39, 0.29) is 5.56 Å². The first kappa shape index (κ1) is 13.0. The van der Waals surface area contributed by atoms with Gasteiger partial charge in [-0.25, -0.2) is 4.79 Å². The highest BCUT2D eigenvalue weighted by molar-refractivity contribution is 5.92. The second-order valence-electron chi connectivity index (χ2n) is 3.04. The van der Waals surface area contributed by atoms with E-state index in [9.17, 15) is 18.0 Å². The molecule has 0 spiro atoms. The number of hydrogen-bond acceptors (Lipinski definition) is 4. The molecule has 0 radical (unpaired) electrons. The Kier molecular flexibility index (Phi) is 3.72. The molecular formula is C10H8F3NO3. The molecule has 0 unspecified atom stereocenters. The summed E-state index contributed by atoms with van der Waals surface area (Å²) in [6.45, 7) is 0. The summed E-state index contributed by atoms with van der Waals surface area (Å²) < 4.78 is 42.2. The van der Waals surface area contributed by atoms with Gasteiger partial charge in [0.2, 0.25) is 0 Å². The number of rotatable bonds is 2. The largest absolute Gasteiger partial charge is 0.465 e. The SMILES string of the molecule is COC(=O)c1ccc(C=NO)cc1C(F)(F)F. The fourth-order valence-electron chi connectivity index (χ4n) is 1.23. The van der Waals surface area contributed by atoms with E-state index in [1.165, 1.54) is 6.07 Å².